The fourth-order valence-electron chi connectivity index (χ4n) is 1.33. The van der Waals surface area contributed by atoms with Crippen LogP contribution in [0, 0.1) is 5.92 Å². The average Bonchev–Trinajstić information content (AvgIpc) is 2.24. The summed E-state index contributed by atoms with van der Waals surface area (Å²) < 4.78 is 4.74. The topological polar surface area (TPSA) is 75.6 Å². The third-order valence-electron chi connectivity index (χ3n) is 2.48. The van der Waals surface area contributed by atoms with E-state index in [1.165, 1.54) is 6.08 Å². The first-order chi connectivity index (χ1) is 7.92. The molecule has 2 N–H and O–H groups in total. The van der Waals surface area contributed by atoms with Gasteiger partial charge < -0.3 is 16.6 Å². The first-order valence-corrected chi connectivity index (χ1v) is 5.76. The Labute approximate surface area is 132 Å². The molecule has 0 spiro atoms. The zero-order valence-corrected chi connectivity index (χ0v) is 13.8. The number of nitrogens with one attached hydrogen (secondary N) is 1. The number of esters is 1. The number of aliphatic carboxylic acids is 1. The Morgan fingerprint density at radius 3 is 2.39 bits per heavy atom. The van der Waals surface area contributed by atoms with Crippen LogP contribution in [0.2, 0.25) is 0 Å². The molecule has 0 aliphatic carbocycles. The SMILES string of the molecule is CCOC(=O)C=C(C)N[C@H](C(=O)O)[C@@H](C)CC.[H-].[Na+]. The third kappa shape index (κ3) is 7.74. The molecule has 18 heavy (non-hydrogen) atoms. The van der Waals surface area contributed by atoms with Crippen molar-refractivity contribution in [2.75, 3.05) is 6.61 Å². The molecule has 0 heterocycles. The van der Waals surface area contributed by atoms with Crippen molar-refractivity contribution in [2.45, 2.75) is 40.2 Å². The van der Waals surface area contributed by atoms with Crippen LogP contribution in [0.3, 0.4) is 0 Å². The maximum Gasteiger partial charge on any atom is 1.00 e. The summed E-state index contributed by atoms with van der Waals surface area (Å²) in [5, 5.41) is 11.9. The Balaban J connectivity index is -0.00000128. The second-order valence-electron chi connectivity index (χ2n) is 3.93. The van der Waals surface area contributed by atoms with Crippen molar-refractivity contribution in [1.82, 2.24) is 5.32 Å². The largest absolute Gasteiger partial charge is 1.00 e. The van der Waals surface area contributed by atoms with Crippen LogP contribution in [-0.4, -0.2) is 29.7 Å². The van der Waals surface area contributed by atoms with Gasteiger partial charge in [0.2, 0.25) is 0 Å². The summed E-state index contributed by atoms with van der Waals surface area (Å²) in [6.45, 7) is 7.44. The molecule has 0 aromatic heterocycles. The van der Waals surface area contributed by atoms with Crippen molar-refractivity contribution in [3.8, 4) is 0 Å². The number of allylic oxidation sites excluding steroid dienone is 1. The fraction of sp³-hybridized carbons (Fsp3) is 0.667. The Bertz CT molecular complexity index is 310. The molecule has 100 valence electrons. The minimum Gasteiger partial charge on any atom is -1.00 e. The standard InChI is InChI=1S/C12H21NO4.Na.H/c1-5-8(3)11(12(15)16)13-9(4)7-10(14)17-6-2;;/h7-8,11,13H,5-6H2,1-4H3,(H,15,16);;/q;+1;-1/t8-,11-;;/m0../s1. The van der Waals surface area contributed by atoms with Gasteiger partial charge in [0.15, 0.2) is 0 Å². The van der Waals surface area contributed by atoms with E-state index in [9.17, 15) is 9.59 Å². The van der Waals surface area contributed by atoms with E-state index in [4.69, 9.17) is 9.84 Å². The number of ether oxygens (including phenoxy) is 1. The zero-order valence-electron chi connectivity index (χ0n) is 12.8. The Kier molecular flexibility index (Phi) is 11.5. The van der Waals surface area contributed by atoms with Crippen LogP contribution in [0.1, 0.15) is 35.5 Å². The zero-order chi connectivity index (χ0) is 13.4. The van der Waals surface area contributed by atoms with E-state index in [1.54, 1.807) is 13.8 Å². The number of hydrogen-bond acceptors (Lipinski definition) is 4. The number of carboxylic acid groups (broad SMARTS) is 1. The van der Waals surface area contributed by atoms with Crippen LogP contribution in [0.15, 0.2) is 11.8 Å². The van der Waals surface area contributed by atoms with Gasteiger partial charge in [0.05, 0.1) is 6.61 Å². The first-order valence-electron chi connectivity index (χ1n) is 5.76. The van der Waals surface area contributed by atoms with Gasteiger partial charge in [-0.3, -0.25) is 0 Å². The summed E-state index contributed by atoms with van der Waals surface area (Å²) in [4.78, 5) is 22.2. The van der Waals surface area contributed by atoms with Gasteiger partial charge in [-0.2, -0.15) is 0 Å². The molecule has 0 saturated heterocycles. The van der Waals surface area contributed by atoms with Gasteiger partial charge in [-0.05, 0) is 19.8 Å². The quantitative estimate of drug-likeness (QED) is 0.339. The van der Waals surface area contributed by atoms with Crippen molar-refractivity contribution in [1.29, 1.82) is 0 Å². The average molecular weight is 267 g/mol. The van der Waals surface area contributed by atoms with Crippen molar-refractivity contribution >= 4 is 11.9 Å². The summed E-state index contributed by atoms with van der Waals surface area (Å²) in [7, 11) is 0. The number of carbonyl (C=O) groups is 2. The molecule has 6 heteroatoms. The molecule has 0 bridgehead atoms. The molecule has 0 amide bonds. The number of carbonyl (C=O) groups excluding carboxylic acids is 1. The normalized spacial score (nSPS) is 14.1. The Hall–Kier alpha value is -0.520. The van der Waals surface area contributed by atoms with Gasteiger partial charge in [0.1, 0.15) is 6.04 Å². The molecule has 2 atom stereocenters. The van der Waals surface area contributed by atoms with Crippen LogP contribution < -0.4 is 34.9 Å². The monoisotopic (exact) mass is 267 g/mol. The molecule has 0 unspecified atom stereocenters. The smallest absolute Gasteiger partial charge is 1.00 e. The molecular formula is C12H22NNaO4. The molecule has 0 aromatic rings. The van der Waals surface area contributed by atoms with E-state index in [0.29, 0.717) is 12.3 Å². The molecule has 0 aromatic carbocycles. The second-order valence-corrected chi connectivity index (χ2v) is 3.93. The van der Waals surface area contributed by atoms with E-state index in [1.807, 2.05) is 13.8 Å². The van der Waals surface area contributed by atoms with E-state index >= 15 is 0 Å². The maximum atomic E-state index is 11.2. The number of rotatable bonds is 7. The van der Waals surface area contributed by atoms with Gasteiger partial charge in [0, 0.05) is 11.8 Å². The number of hydrogen-bond donors (Lipinski definition) is 2. The fourth-order valence-corrected chi connectivity index (χ4v) is 1.33. The van der Waals surface area contributed by atoms with Crippen LogP contribution in [0.25, 0.3) is 0 Å². The van der Waals surface area contributed by atoms with Crippen LogP contribution in [0.4, 0.5) is 0 Å². The minimum atomic E-state index is -0.920. The number of carboxylic acids is 1. The van der Waals surface area contributed by atoms with E-state index < -0.39 is 18.0 Å². The van der Waals surface area contributed by atoms with Gasteiger partial charge in [-0.1, -0.05) is 20.3 Å². The Morgan fingerprint density at radius 1 is 1.44 bits per heavy atom. The van der Waals surface area contributed by atoms with Crippen molar-refractivity contribution in [3.05, 3.63) is 11.8 Å². The van der Waals surface area contributed by atoms with E-state index in [2.05, 4.69) is 5.32 Å². The van der Waals surface area contributed by atoms with Crippen LogP contribution >= 0.6 is 0 Å². The Morgan fingerprint density at radius 2 is 2.00 bits per heavy atom. The predicted molar refractivity (Wildman–Crippen MR) is 65.5 cm³/mol. The summed E-state index contributed by atoms with van der Waals surface area (Å²) in [5.74, 6) is -1.40. The molecule has 0 saturated carbocycles. The van der Waals surface area contributed by atoms with Crippen molar-refractivity contribution in [2.24, 2.45) is 5.92 Å². The first kappa shape index (κ1) is 19.8. The minimum absolute atomic E-state index is 0. The molecule has 0 fully saturated rings. The van der Waals surface area contributed by atoms with Gasteiger partial charge >= 0.3 is 41.5 Å². The molecule has 0 radical (unpaired) electrons. The third-order valence-corrected chi connectivity index (χ3v) is 2.48. The summed E-state index contributed by atoms with van der Waals surface area (Å²) in [6, 6.07) is -0.689. The summed E-state index contributed by atoms with van der Waals surface area (Å²) in [5.41, 5.74) is 0.496. The van der Waals surface area contributed by atoms with Crippen molar-refractivity contribution < 1.29 is 50.4 Å². The van der Waals surface area contributed by atoms with Gasteiger partial charge in [0.25, 0.3) is 0 Å². The van der Waals surface area contributed by atoms with Gasteiger partial charge in [-0.15, -0.1) is 0 Å². The molecular weight excluding hydrogens is 245 g/mol. The van der Waals surface area contributed by atoms with E-state index in [0.717, 1.165) is 6.42 Å². The summed E-state index contributed by atoms with van der Waals surface area (Å²) >= 11 is 0. The molecule has 5 nitrogen and oxygen atoms in total. The maximum absolute atomic E-state index is 11.2. The summed E-state index contributed by atoms with van der Waals surface area (Å²) in [6.07, 6.45) is 2.01. The molecule has 0 rings (SSSR count). The van der Waals surface area contributed by atoms with Gasteiger partial charge in [-0.25, -0.2) is 9.59 Å². The predicted octanol–water partition coefficient (Wildman–Crippen LogP) is -1.34. The van der Waals surface area contributed by atoms with Crippen LogP contribution in [0.5, 0.6) is 0 Å². The molecule has 0 aliphatic rings. The molecule has 0 aliphatic heterocycles. The second kappa shape index (κ2) is 10.4. The van der Waals surface area contributed by atoms with Crippen molar-refractivity contribution in [3.63, 3.8) is 0 Å². The van der Waals surface area contributed by atoms with Crippen LogP contribution in [-0.2, 0) is 14.3 Å². The van der Waals surface area contributed by atoms with E-state index in [-0.39, 0.29) is 36.9 Å².